The van der Waals surface area contributed by atoms with Crippen molar-refractivity contribution in [3.8, 4) is 0 Å². The largest absolute Gasteiger partial charge is 0.469 e. The van der Waals surface area contributed by atoms with E-state index in [1.807, 2.05) is 0 Å². The third-order valence-corrected chi connectivity index (χ3v) is 3.08. The molecule has 8 nitrogen and oxygen atoms in total. The van der Waals surface area contributed by atoms with E-state index in [0.717, 1.165) is 0 Å². The number of nitrogens with one attached hydrogen (secondary N) is 2. The molecule has 1 aliphatic heterocycles. The van der Waals surface area contributed by atoms with Crippen LogP contribution in [0.15, 0.2) is 17.2 Å². The number of methoxy groups -OCH3 is 1. The monoisotopic (exact) mass is 262 g/mol. The van der Waals surface area contributed by atoms with Gasteiger partial charge in [0.25, 0.3) is 0 Å². The Kier molecular flexibility index (Phi) is 2.37. The molecule has 0 fully saturated rings. The van der Waals surface area contributed by atoms with E-state index < -0.39 is 23.6 Å². The predicted molar refractivity (Wildman–Crippen MR) is 64.7 cm³/mol. The van der Waals surface area contributed by atoms with Crippen LogP contribution in [0.2, 0.25) is 0 Å². The number of aromatic nitrogens is 3. The van der Waals surface area contributed by atoms with E-state index in [4.69, 9.17) is 0 Å². The van der Waals surface area contributed by atoms with Crippen LogP contribution in [0.3, 0.4) is 0 Å². The Balaban J connectivity index is 2.21. The molecule has 2 aromatic rings. The molecule has 3 heterocycles. The number of carbonyl (C=O) groups is 2. The van der Waals surface area contributed by atoms with Gasteiger partial charge in [-0.15, -0.1) is 0 Å². The van der Waals surface area contributed by atoms with Gasteiger partial charge in [-0.3, -0.25) is 19.1 Å². The van der Waals surface area contributed by atoms with Gasteiger partial charge in [0.2, 0.25) is 5.91 Å². The first-order chi connectivity index (χ1) is 9.11. The summed E-state index contributed by atoms with van der Waals surface area (Å²) in [5, 5.41) is 2.63. The maximum atomic E-state index is 12.0. The first-order valence-electron chi connectivity index (χ1n) is 5.57. The Bertz CT molecular complexity index is 745. The first-order valence-corrected chi connectivity index (χ1v) is 5.57. The Morgan fingerprint density at radius 1 is 1.47 bits per heavy atom. The molecule has 19 heavy (non-hydrogen) atoms. The van der Waals surface area contributed by atoms with Crippen molar-refractivity contribution in [3.05, 3.63) is 22.9 Å². The lowest BCUT2D eigenvalue weighted by Gasteiger charge is -2.22. The highest BCUT2D eigenvalue weighted by Crippen LogP contribution is 2.29. The molecule has 1 atom stereocenters. The average Bonchev–Trinajstić information content (AvgIpc) is 2.72. The van der Waals surface area contributed by atoms with Gasteiger partial charge in [-0.2, -0.15) is 0 Å². The minimum Gasteiger partial charge on any atom is -0.469 e. The van der Waals surface area contributed by atoms with Gasteiger partial charge in [-0.05, 0) is 0 Å². The van der Waals surface area contributed by atoms with Crippen LogP contribution in [0.1, 0.15) is 12.5 Å². The number of rotatable bonds is 2. The Labute approximate surface area is 106 Å². The number of hydrogen-bond acceptors (Lipinski definition) is 5. The minimum absolute atomic E-state index is 0.197. The zero-order valence-corrected chi connectivity index (χ0v) is 9.97. The second-order valence-corrected chi connectivity index (χ2v) is 4.17. The molecular weight excluding hydrogens is 252 g/mol. The van der Waals surface area contributed by atoms with Crippen molar-refractivity contribution in [1.29, 1.82) is 0 Å². The summed E-state index contributed by atoms with van der Waals surface area (Å²) in [5.74, 6) is -0.993. The first kappa shape index (κ1) is 11.5. The molecule has 0 aromatic carbocycles. The van der Waals surface area contributed by atoms with Crippen molar-refractivity contribution in [2.24, 2.45) is 0 Å². The molecule has 0 saturated carbocycles. The van der Waals surface area contributed by atoms with Gasteiger partial charge in [0.15, 0.2) is 0 Å². The Morgan fingerprint density at radius 3 is 3.00 bits per heavy atom. The molecule has 1 amide bonds. The van der Waals surface area contributed by atoms with Crippen LogP contribution in [0, 0.1) is 0 Å². The van der Waals surface area contributed by atoms with E-state index in [2.05, 4.69) is 20.0 Å². The van der Waals surface area contributed by atoms with Crippen LogP contribution in [0.5, 0.6) is 0 Å². The summed E-state index contributed by atoms with van der Waals surface area (Å²) in [7, 11) is 1.23. The molecule has 2 aromatic heterocycles. The number of nitrogens with zero attached hydrogens (tertiary/aromatic N) is 2. The SMILES string of the molecule is COC(=O)CC1C(=O)Nc2cncc3[nH]c(=O)n1c23. The lowest BCUT2D eigenvalue weighted by atomic mass is 10.1. The number of ether oxygens (including phenoxy) is 1. The minimum atomic E-state index is -0.913. The van der Waals surface area contributed by atoms with Crippen LogP contribution in [0.25, 0.3) is 11.0 Å². The summed E-state index contributed by atoms with van der Waals surface area (Å²) in [6, 6.07) is -0.913. The summed E-state index contributed by atoms with van der Waals surface area (Å²) in [5.41, 5.74) is 1.04. The molecule has 0 spiro atoms. The fourth-order valence-electron chi connectivity index (χ4n) is 2.23. The molecule has 0 radical (unpaired) electrons. The van der Waals surface area contributed by atoms with E-state index in [0.29, 0.717) is 16.7 Å². The van der Waals surface area contributed by atoms with Gasteiger partial charge in [0, 0.05) is 0 Å². The number of amides is 1. The lowest BCUT2D eigenvalue weighted by molar-refractivity contribution is -0.143. The number of esters is 1. The number of hydrogen-bond donors (Lipinski definition) is 2. The number of H-pyrrole nitrogens is 1. The third-order valence-electron chi connectivity index (χ3n) is 3.08. The Morgan fingerprint density at radius 2 is 2.26 bits per heavy atom. The van der Waals surface area contributed by atoms with Crippen molar-refractivity contribution >= 4 is 28.6 Å². The van der Waals surface area contributed by atoms with Crippen molar-refractivity contribution in [1.82, 2.24) is 14.5 Å². The van der Waals surface area contributed by atoms with E-state index >= 15 is 0 Å². The van der Waals surface area contributed by atoms with E-state index in [-0.39, 0.29) is 6.42 Å². The van der Waals surface area contributed by atoms with Crippen molar-refractivity contribution in [2.75, 3.05) is 12.4 Å². The van der Waals surface area contributed by atoms with Gasteiger partial charge in [-0.1, -0.05) is 0 Å². The highest BCUT2D eigenvalue weighted by molar-refractivity contribution is 6.05. The summed E-state index contributed by atoms with van der Waals surface area (Å²) in [4.78, 5) is 41.8. The fraction of sp³-hybridized carbons (Fsp3) is 0.273. The smallest absolute Gasteiger partial charge is 0.327 e. The van der Waals surface area contributed by atoms with Crippen LogP contribution in [0.4, 0.5) is 5.69 Å². The quantitative estimate of drug-likeness (QED) is 0.728. The highest BCUT2D eigenvalue weighted by atomic mass is 16.5. The lowest BCUT2D eigenvalue weighted by Crippen LogP contribution is -2.37. The summed E-state index contributed by atoms with van der Waals surface area (Å²) in [6.07, 6.45) is 2.75. The van der Waals surface area contributed by atoms with Gasteiger partial charge in [-0.25, -0.2) is 4.79 Å². The van der Waals surface area contributed by atoms with Gasteiger partial charge in [0.05, 0.1) is 42.6 Å². The van der Waals surface area contributed by atoms with Gasteiger partial charge >= 0.3 is 11.7 Å². The van der Waals surface area contributed by atoms with Gasteiger partial charge in [0.1, 0.15) is 6.04 Å². The molecular formula is C11H10N4O4. The molecule has 0 bridgehead atoms. The maximum Gasteiger partial charge on any atom is 0.327 e. The molecule has 0 saturated heterocycles. The second-order valence-electron chi connectivity index (χ2n) is 4.17. The topological polar surface area (TPSA) is 106 Å². The number of anilines is 1. The molecule has 3 rings (SSSR count). The molecule has 1 aliphatic rings. The number of carbonyl (C=O) groups excluding carboxylic acids is 2. The Hall–Kier alpha value is -2.64. The highest BCUT2D eigenvalue weighted by Gasteiger charge is 2.32. The molecule has 0 aliphatic carbocycles. The van der Waals surface area contributed by atoms with E-state index in [9.17, 15) is 14.4 Å². The zero-order chi connectivity index (χ0) is 13.6. The van der Waals surface area contributed by atoms with Crippen LogP contribution < -0.4 is 11.0 Å². The number of pyridine rings is 1. The standard InChI is InChI=1S/C11H10N4O4/c1-19-8(16)2-7-10(17)13-5-3-12-4-6-9(5)15(7)11(18)14-6/h3-4,7H,2H2,1H3,(H,13,17)(H,14,18). The molecule has 1 unspecified atom stereocenters. The van der Waals surface area contributed by atoms with Crippen LogP contribution in [-0.2, 0) is 14.3 Å². The van der Waals surface area contributed by atoms with Crippen molar-refractivity contribution in [2.45, 2.75) is 12.5 Å². The second kappa shape index (κ2) is 3.94. The summed E-state index contributed by atoms with van der Waals surface area (Å²) >= 11 is 0. The maximum absolute atomic E-state index is 12.0. The number of imidazole rings is 1. The van der Waals surface area contributed by atoms with Crippen molar-refractivity contribution < 1.29 is 14.3 Å². The molecule has 8 heteroatoms. The van der Waals surface area contributed by atoms with E-state index in [1.54, 1.807) is 0 Å². The van der Waals surface area contributed by atoms with Crippen molar-refractivity contribution in [3.63, 3.8) is 0 Å². The average molecular weight is 262 g/mol. The molecule has 98 valence electrons. The predicted octanol–water partition coefficient (Wildman–Crippen LogP) is -0.219. The van der Waals surface area contributed by atoms with Gasteiger partial charge < -0.3 is 15.0 Å². The normalized spacial score (nSPS) is 17.3. The third kappa shape index (κ3) is 1.60. The number of aromatic amines is 1. The summed E-state index contributed by atoms with van der Waals surface area (Å²) in [6.45, 7) is 0. The van der Waals surface area contributed by atoms with E-state index in [1.165, 1.54) is 24.1 Å². The molecule has 2 N–H and O–H groups in total. The van der Waals surface area contributed by atoms with Crippen LogP contribution in [-0.4, -0.2) is 33.5 Å². The zero-order valence-electron chi connectivity index (χ0n) is 9.97. The summed E-state index contributed by atoms with van der Waals surface area (Å²) < 4.78 is 5.81. The van der Waals surface area contributed by atoms with Crippen LogP contribution >= 0.6 is 0 Å². The fourth-order valence-corrected chi connectivity index (χ4v) is 2.23.